The molecule has 2 heterocycles. The summed E-state index contributed by atoms with van der Waals surface area (Å²) in [5.74, 6) is 0.820. The fraction of sp³-hybridized carbons (Fsp3) is 0.333. The molecule has 5 heteroatoms. The highest BCUT2D eigenvalue weighted by Gasteiger charge is 2.20. The van der Waals surface area contributed by atoms with Gasteiger partial charge in [-0.3, -0.25) is 9.97 Å². The minimum absolute atomic E-state index is 0.356. The van der Waals surface area contributed by atoms with Crippen LogP contribution in [0.5, 0.6) is 5.75 Å². The van der Waals surface area contributed by atoms with Gasteiger partial charge in [-0.2, -0.15) is 0 Å². The average molecular weight is 389 g/mol. The van der Waals surface area contributed by atoms with Crippen LogP contribution in [0, 0.1) is 0 Å². The van der Waals surface area contributed by atoms with Crippen LogP contribution in [0.4, 0.5) is 0 Å². The van der Waals surface area contributed by atoms with Gasteiger partial charge in [-0.25, -0.2) is 0 Å². The first-order chi connectivity index (χ1) is 14.3. The number of benzene rings is 1. The summed E-state index contributed by atoms with van der Waals surface area (Å²) in [6.07, 6.45) is 7.22. The molecule has 0 saturated carbocycles. The quantitative estimate of drug-likeness (QED) is 0.612. The van der Waals surface area contributed by atoms with E-state index in [9.17, 15) is 0 Å². The van der Waals surface area contributed by atoms with Crippen molar-refractivity contribution < 1.29 is 4.74 Å². The van der Waals surface area contributed by atoms with Crippen LogP contribution in [0.2, 0.25) is 0 Å². The first-order valence-corrected chi connectivity index (χ1v) is 10.3. The second-order valence-corrected chi connectivity index (χ2v) is 7.45. The molecule has 0 saturated heterocycles. The smallest absolute Gasteiger partial charge is 0.141 e. The molecule has 0 bridgehead atoms. The number of rotatable bonds is 8. The number of aromatic nitrogens is 2. The van der Waals surface area contributed by atoms with Crippen molar-refractivity contribution in [1.29, 1.82) is 0 Å². The lowest BCUT2D eigenvalue weighted by atomic mass is 9.92. The summed E-state index contributed by atoms with van der Waals surface area (Å²) in [6.45, 7) is 2.34. The average Bonchev–Trinajstić information content (AvgIpc) is 2.79. The summed E-state index contributed by atoms with van der Waals surface area (Å²) in [7, 11) is 1.68. The van der Waals surface area contributed by atoms with Crippen LogP contribution in [0.3, 0.4) is 0 Å². The summed E-state index contributed by atoms with van der Waals surface area (Å²) < 4.78 is 5.35. The molecule has 3 aromatic rings. The van der Waals surface area contributed by atoms with E-state index in [1.54, 1.807) is 13.3 Å². The number of hydrogen-bond donors (Lipinski definition) is 2. The molecule has 1 atom stereocenters. The SMILES string of the molecule is COc1cccnc1CNCc1ccc(CNC2CCCc3cccnc32)cc1. The summed E-state index contributed by atoms with van der Waals surface area (Å²) in [5.41, 5.74) is 6.10. The van der Waals surface area contributed by atoms with E-state index in [-0.39, 0.29) is 0 Å². The van der Waals surface area contributed by atoms with Crippen LogP contribution in [-0.2, 0) is 26.1 Å². The van der Waals surface area contributed by atoms with Gasteiger partial charge in [0.2, 0.25) is 0 Å². The maximum atomic E-state index is 5.35. The number of aryl methyl sites for hydroxylation is 1. The molecule has 1 unspecified atom stereocenters. The van der Waals surface area contributed by atoms with Crippen molar-refractivity contribution in [2.45, 2.75) is 44.9 Å². The highest BCUT2D eigenvalue weighted by molar-refractivity contribution is 5.28. The van der Waals surface area contributed by atoms with Gasteiger partial charge >= 0.3 is 0 Å². The van der Waals surface area contributed by atoms with Gasteiger partial charge in [0, 0.05) is 32.0 Å². The van der Waals surface area contributed by atoms with Gasteiger partial charge in [0.15, 0.2) is 0 Å². The molecule has 5 nitrogen and oxygen atoms in total. The molecule has 29 heavy (non-hydrogen) atoms. The van der Waals surface area contributed by atoms with Crippen LogP contribution in [0.25, 0.3) is 0 Å². The first kappa shape index (κ1) is 19.6. The van der Waals surface area contributed by atoms with Crippen LogP contribution in [-0.4, -0.2) is 17.1 Å². The third-order valence-corrected chi connectivity index (χ3v) is 5.46. The molecule has 0 radical (unpaired) electrons. The van der Waals surface area contributed by atoms with E-state index >= 15 is 0 Å². The van der Waals surface area contributed by atoms with E-state index < -0.39 is 0 Å². The van der Waals surface area contributed by atoms with Crippen molar-refractivity contribution >= 4 is 0 Å². The summed E-state index contributed by atoms with van der Waals surface area (Å²) in [4.78, 5) is 8.99. The van der Waals surface area contributed by atoms with E-state index in [4.69, 9.17) is 4.74 Å². The molecule has 1 aliphatic rings. The van der Waals surface area contributed by atoms with Gasteiger partial charge in [0.1, 0.15) is 5.75 Å². The zero-order valence-corrected chi connectivity index (χ0v) is 16.9. The number of nitrogens with one attached hydrogen (secondary N) is 2. The standard InChI is InChI=1S/C24H28N4O/c1-29-23-8-4-13-26-22(23)17-25-15-18-9-11-19(12-10-18)16-28-21-7-2-5-20-6-3-14-27-24(20)21/h3-4,6,8-14,21,25,28H,2,5,7,15-17H2,1H3. The third-order valence-electron chi connectivity index (χ3n) is 5.46. The molecule has 1 aliphatic carbocycles. The molecule has 150 valence electrons. The van der Waals surface area contributed by atoms with E-state index in [0.717, 1.165) is 37.4 Å². The fourth-order valence-electron chi connectivity index (χ4n) is 3.89. The Balaban J connectivity index is 1.28. The Bertz CT molecular complexity index is 926. The lowest BCUT2D eigenvalue weighted by molar-refractivity contribution is 0.404. The predicted octanol–water partition coefficient (Wildman–Crippen LogP) is 3.94. The lowest BCUT2D eigenvalue weighted by Gasteiger charge is -2.25. The number of hydrogen-bond acceptors (Lipinski definition) is 5. The molecule has 4 rings (SSSR count). The number of fused-ring (bicyclic) bond motifs is 1. The normalized spacial score (nSPS) is 15.7. The Morgan fingerprint density at radius 1 is 0.931 bits per heavy atom. The van der Waals surface area contributed by atoms with E-state index in [1.165, 1.54) is 28.8 Å². The molecular weight excluding hydrogens is 360 g/mol. The van der Waals surface area contributed by atoms with Gasteiger partial charge in [0.25, 0.3) is 0 Å². The Kier molecular flexibility index (Phi) is 6.49. The van der Waals surface area contributed by atoms with Crippen molar-refractivity contribution in [3.8, 4) is 5.75 Å². The molecule has 1 aromatic carbocycles. The number of pyridine rings is 2. The molecule has 2 N–H and O–H groups in total. The highest BCUT2D eigenvalue weighted by Crippen LogP contribution is 2.27. The minimum atomic E-state index is 0.356. The number of nitrogens with zero attached hydrogens (tertiary/aromatic N) is 2. The number of methoxy groups -OCH3 is 1. The minimum Gasteiger partial charge on any atom is -0.495 e. The summed E-state index contributed by atoms with van der Waals surface area (Å²) >= 11 is 0. The molecule has 0 aliphatic heterocycles. The van der Waals surface area contributed by atoms with Crippen molar-refractivity contribution in [3.63, 3.8) is 0 Å². The fourth-order valence-corrected chi connectivity index (χ4v) is 3.89. The Hall–Kier alpha value is -2.76. The zero-order valence-electron chi connectivity index (χ0n) is 16.9. The highest BCUT2D eigenvalue weighted by atomic mass is 16.5. The van der Waals surface area contributed by atoms with Crippen LogP contribution >= 0.6 is 0 Å². The Morgan fingerprint density at radius 3 is 2.52 bits per heavy atom. The Labute approximate surface area is 172 Å². The van der Waals surface area contributed by atoms with E-state index in [0.29, 0.717) is 12.6 Å². The maximum Gasteiger partial charge on any atom is 0.141 e. The van der Waals surface area contributed by atoms with Gasteiger partial charge < -0.3 is 15.4 Å². The van der Waals surface area contributed by atoms with Crippen molar-refractivity contribution in [3.05, 3.63) is 89.0 Å². The first-order valence-electron chi connectivity index (χ1n) is 10.3. The summed E-state index contributed by atoms with van der Waals surface area (Å²) in [5, 5.41) is 7.13. The molecule has 0 amide bonds. The lowest BCUT2D eigenvalue weighted by Crippen LogP contribution is -2.25. The van der Waals surface area contributed by atoms with Gasteiger partial charge in [-0.15, -0.1) is 0 Å². The second-order valence-electron chi connectivity index (χ2n) is 7.45. The molecular formula is C24H28N4O. The monoisotopic (exact) mass is 388 g/mol. The summed E-state index contributed by atoms with van der Waals surface area (Å²) in [6, 6.07) is 17.2. The van der Waals surface area contributed by atoms with Crippen molar-refractivity contribution in [2.24, 2.45) is 0 Å². The van der Waals surface area contributed by atoms with Gasteiger partial charge in [0.05, 0.1) is 24.5 Å². The third kappa shape index (κ3) is 5.00. The number of ether oxygens (including phenoxy) is 1. The molecule has 0 fully saturated rings. The van der Waals surface area contributed by atoms with Gasteiger partial charge in [-0.1, -0.05) is 30.3 Å². The van der Waals surface area contributed by atoms with Crippen LogP contribution < -0.4 is 15.4 Å². The maximum absolute atomic E-state index is 5.35. The van der Waals surface area contributed by atoms with E-state index in [1.807, 2.05) is 24.4 Å². The Morgan fingerprint density at radius 2 is 1.69 bits per heavy atom. The van der Waals surface area contributed by atoms with E-state index in [2.05, 4.69) is 50.9 Å². The molecule has 2 aromatic heterocycles. The topological polar surface area (TPSA) is 59.1 Å². The largest absolute Gasteiger partial charge is 0.495 e. The van der Waals surface area contributed by atoms with Crippen LogP contribution in [0.15, 0.2) is 60.9 Å². The van der Waals surface area contributed by atoms with Crippen molar-refractivity contribution in [1.82, 2.24) is 20.6 Å². The molecule has 0 spiro atoms. The second kappa shape index (κ2) is 9.63. The predicted molar refractivity (Wildman–Crippen MR) is 115 cm³/mol. The van der Waals surface area contributed by atoms with Gasteiger partial charge in [-0.05, 0) is 54.2 Å². The van der Waals surface area contributed by atoms with Crippen LogP contribution in [0.1, 0.15) is 47.0 Å². The van der Waals surface area contributed by atoms with Crippen molar-refractivity contribution in [2.75, 3.05) is 7.11 Å². The zero-order chi connectivity index (χ0) is 19.9.